The van der Waals surface area contributed by atoms with E-state index in [9.17, 15) is 4.79 Å². The molecule has 0 aromatic carbocycles. The lowest BCUT2D eigenvalue weighted by Gasteiger charge is -2.26. The van der Waals surface area contributed by atoms with Gasteiger partial charge in [-0.05, 0) is 27.2 Å². The maximum atomic E-state index is 12.5. The van der Waals surface area contributed by atoms with Crippen molar-refractivity contribution in [1.29, 1.82) is 0 Å². The molecule has 0 radical (unpaired) electrons. The molecule has 4 nitrogen and oxygen atoms in total. The Morgan fingerprint density at radius 2 is 1.04 bits per heavy atom. The van der Waals surface area contributed by atoms with Gasteiger partial charge in [0.05, 0.1) is 0 Å². The molecule has 0 aromatic heterocycles. The molecule has 0 aliphatic carbocycles. The van der Waals surface area contributed by atoms with Crippen molar-refractivity contribution in [3.05, 3.63) is 0 Å². The van der Waals surface area contributed by atoms with E-state index in [1.807, 2.05) is 20.8 Å². The molecule has 0 saturated heterocycles. The van der Waals surface area contributed by atoms with Crippen molar-refractivity contribution in [2.45, 2.75) is 91.9 Å². The van der Waals surface area contributed by atoms with Crippen LogP contribution in [-0.4, -0.2) is 34.0 Å². The number of hydrogen-bond acceptors (Lipinski definition) is 4. The van der Waals surface area contributed by atoms with Crippen LogP contribution in [-0.2, 0) is 18.1 Å². The van der Waals surface area contributed by atoms with Gasteiger partial charge in [-0.2, -0.15) is 0 Å². The highest BCUT2D eigenvalue weighted by Crippen LogP contribution is 2.17. The Kier molecular flexibility index (Phi) is 15.1. The van der Waals surface area contributed by atoms with Crippen LogP contribution in [0.25, 0.3) is 0 Å². The van der Waals surface area contributed by atoms with Crippen molar-refractivity contribution in [2.24, 2.45) is 0 Å². The third-order valence-corrected chi connectivity index (χ3v) is 6.79. The molecule has 0 rings (SSSR count). The van der Waals surface area contributed by atoms with Crippen LogP contribution in [0.1, 0.15) is 91.9 Å². The second kappa shape index (κ2) is 15.3. The SMILES string of the molecule is CCCCCCCCCCCC(=O)[Si](OCC)(OCC)OCC. The standard InChI is InChI=1S/C18H38O4Si/c1-5-9-10-11-12-13-14-15-16-17-18(19)23(20-6-2,21-7-3)22-8-4/h5-17H2,1-4H3. The summed E-state index contributed by atoms with van der Waals surface area (Å²) in [5, 5.41) is 0.0472. The summed E-state index contributed by atoms with van der Waals surface area (Å²) >= 11 is 0. The van der Waals surface area contributed by atoms with Crippen molar-refractivity contribution in [3.63, 3.8) is 0 Å². The molecule has 0 atom stereocenters. The van der Waals surface area contributed by atoms with E-state index in [4.69, 9.17) is 13.3 Å². The molecule has 138 valence electrons. The first-order valence-corrected chi connectivity index (χ1v) is 11.3. The molecule has 0 amide bonds. The van der Waals surface area contributed by atoms with Gasteiger partial charge in [-0.1, -0.05) is 58.3 Å². The Hall–Kier alpha value is -0.233. The minimum absolute atomic E-state index is 0.0472. The van der Waals surface area contributed by atoms with E-state index in [1.54, 1.807) is 0 Å². The van der Waals surface area contributed by atoms with Gasteiger partial charge in [0.1, 0.15) is 0 Å². The monoisotopic (exact) mass is 346 g/mol. The van der Waals surface area contributed by atoms with Crippen molar-refractivity contribution < 1.29 is 18.1 Å². The van der Waals surface area contributed by atoms with Gasteiger partial charge in [0.2, 0.25) is 5.41 Å². The third kappa shape index (κ3) is 10.3. The predicted molar refractivity (Wildman–Crippen MR) is 97.5 cm³/mol. The van der Waals surface area contributed by atoms with Crippen LogP contribution in [0.2, 0.25) is 0 Å². The highest BCUT2D eigenvalue weighted by atomic mass is 28.4. The summed E-state index contributed by atoms with van der Waals surface area (Å²) in [6, 6.07) is 0. The quantitative estimate of drug-likeness (QED) is 0.273. The fourth-order valence-electron chi connectivity index (χ4n) is 2.69. The van der Waals surface area contributed by atoms with Crippen molar-refractivity contribution in [2.75, 3.05) is 19.8 Å². The topological polar surface area (TPSA) is 44.8 Å². The van der Waals surface area contributed by atoms with Crippen LogP contribution in [0.15, 0.2) is 0 Å². The van der Waals surface area contributed by atoms with Gasteiger partial charge in [-0.15, -0.1) is 0 Å². The molecule has 0 spiro atoms. The highest BCUT2D eigenvalue weighted by Gasteiger charge is 2.48. The summed E-state index contributed by atoms with van der Waals surface area (Å²) in [6.07, 6.45) is 11.7. The van der Waals surface area contributed by atoms with Gasteiger partial charge in [0.15, 0.2) is 0 Å². The Labute approximate surface area is 144 Å². The zero-order chi connectivity index (χ0) is 17.4. The van der Waals surface area contributed by atoms with Gasteiger partial charge in [0.25, 0.3) is 0 Å². The van der Waals surface area contributed by atoms with Crippen LogP contribution in [0, 0.1) is 0 Å². The van der Waals surface area contributed by atoms with E-state index >= 15 is 0 Å². The maximum absolute atomic E-state index is 12.5. The molecule has 0 unspecified atom stereocenters. The maximum Gasteiger partial charge on any atom is 0.574 e. The number of unbranched alkanes of at least 4 members (excludes halogenated alkanes) is 8. The molecular formula is C18H38O4Si. The van der Waals surface area contributed by atoms with E-state index in [1.165, 1.54) is 44.9 Å². The first-order chi connectivity index (χ1) is 11.2. The third-order valence-electron chi connectivity index (χ3n) is 3.85. The molecule has 0 aliphatic rings. The first kappa shape index (κ1) is 22.8. The number of carbonyl (C=O) groups is 1. The van der Waals surface area contributed by atoms with Crippen molar-refractivity contribution >= 4 is 14.2 Å². The summed E-state index contributed by atoms with van der Waals surface area (Å²) < 4.78 is 17.0. The summed E-state index contributed by atoms with van der Waals surface area (Å²) in [6.45, 7) is 9.25. The second-order valence-electron chi connectivity index (χ2n) is 5.86. The van der Waals surface area contributed by atoms with Crippen LogP contribution in [0.3, 0.4) is 0 Å². The Morgan fingerprint density at radius 1 is 0.652 bits per heavy atom. The lowest BCUT2D eigenvalue weighted by molar-refractivity contribution is -0.119. The smallest absolute Gasteiger partial charge is 0.369 e. The van der Waals surface area contributed by atoms with E-state index in [0.717, 1.165) is 12.8 Å². The average molecular weight is 347 g/mol. The minimum atomic E-state index is -3.13. The Bertz CT molecular complexity index is 267. The zero-order valence-corrected chi connectivity index (χ0v) is 16.8. The molecular weight excluding hydrogens is 308 g/mol. The van der Waals surface area contributed by atoms with Gasteiger partial charge in [-0.25, -0.2) is 0 Å². The molecule has 0 N–H and O–H groups in total. The number of rotatable bonds is 17. The largest absolute Gasteiger partial charge is 0.574 e. The van der Waals surface area contributed by atoms with Gasteiger partial charge < -0.3 is 13.3 Å². The molecule has 0 aliphatic heterocycles. The van der Waals surface area contributed by atoms with Gasteiger partial charge >= 0.3 is 8.80 Å². The summed E-state index contributed by atoms with van der Waals surface area (Å²) in [5.74, 6) is 0. The highest BCUT2D eigenvalue weighted by molar-refractivity contribution is 6.92. The van der Waals surface area contributed by atoms with Gasteiger partial charge in [0, 0.05) is 26.2 Å². The predicted octanol–water partition coefficient (Wildman–Crippen LogP) is 5.06. The van der Waals surface area contributed by atoms with E-state index in [-0.39, 0.29) is 5.41 Å². The van der Waals surface area contributed by atoms with E-state index in [0.29, 0.717) is 26.2 Å². The molecule has 23 heavy (non-hydrogen) atoms. The van der Waals surface area contributed by atoms with Crippen molar-refractivity contribution in [3.8, 4) is 0 Å². The molecule has 0 bridgehead atoms. The van der Waals surface area contributed by atoms with Crippen LogP contribution in [0.5, 0.6) is 0 Å². The van der Waals surface area contributed by atoms with E-state index in [2.05, 4.69) is 6.92 Å². The first-order valence-electron chi connectivity index (χ1n) is 9.61. The summed E-state index contributed by atoms with van der Waals surface area (Å²) in [5.41, 5.74) is 0. The Morgan fingerprint density at radius 3 is 1.43 bits per heavy atom. The van der Waals surface area contributed by atoms with Crippen LogP contribution < -0.4 is 0 Å². The summed E-state index contributed by atoms with van der Waals surface area (Å²) in [4.78, 5) is 12.5. The van der Waals surface area contributed by atoms with Gasteiger partial charge in [-0.3, -0.25) is 4.79 Å². The normalized spacial score (nSPS) is 11.8. The fraction of sp³-hybridized carbons (Fsp3) is 0.944. The second-order valence-corrected chi connectivity index (χ2v) is 8.39. The molecule has 0 saturated carbocycles. The molecule has 0 aromatic rings. The molecule has 0 heterocycles. The number of hydrogen-bond donors (Lipinski definition) is 0. The molecule has 0 fully saturated rings. The molecule has 5 heteroatoms. The van der Waals surface area contributed by atoms with Crippen LogP contribution >= 0.6 is 0 Å². The van der Waals surface area contributed by atoms with E-state index < -0.39 is 8.80 Å². The Balaban J connectivity index is 3.98. The lowest BCUT2D eigenvalue weighted by Crippen LogP contribution is -2.54. The lowest BCUT2D eigenvalue weighted by atomic mass is 10.1. The van der Waals surface area contributed by atoms with Crippen molar-refractivity contribution in [1.82, 2.24) is 0 Å². The fourth-order valence-corrected chi connectivity index (χ4v) is 5.04. The minimum Gasteiger partial charge on any atom is -0.369 e. The van der Waals surface area contributed by atoms with Crippen LogP contribution in [0.4, 0.5) is 0 Å². The average Bonchev–Trinajstić information content (AvgIpc) is 2.53. The number of carbonyl (C=O) groups excluding carboxylic acids is 1. The zero-order valence-electron chi connectivity index (χ0n) is 15.8. The summed E-state index contributed by atoms with van der Waals surface area (Å²) in [7, 11) is -3.13.